The number of likely N-dealkylation sites (N-methyl/N-ethyl adjacent to an activating group) is 1. The minimum absolute atomic E-state index is 0.431. The molecule has 1 rings (SSSR count). The molecule has 0 aliphatic carbocycles. The van der Waals surface area contributed by atoms with Gasteiger partial charge in [-0.15, -0.1) is 0 Å². The van der Waals surface area contributed by atoms with Crippen molar-refractivity contribution in [1.29, 1.82) is 0 Å². The van der Waals surface area contributed by atoms with Crippen molar-refractivity contribution in [2.75, 3.05) is 7.05 Å². The molecule has 0 aliphatic heterocycles. The molecule has 1 heteroatoms. The standard InChI is InChI=1S/C12H17N/c1-10-5-4-6-12(9-10)8-7-11(2)13-3/h4-9,11,13H,1-3H3/b8-7+/t11-/m0/s1. The maximum absolute atomic E-state index is 3.16. The van der Waals surface area contributed by atoms with Crippen LogP contribution in [0.5, 0.6) is 0 Å². The summed E-state index contributed by atoms with van der Waals surface area (Å²) in [7, 11) is 1.96. The molecule has 0 aliphatic rings. The Balaban J connectivity index is 2.68. The van der Waals surface area contributed by atoms with Crippen molar-refractivity contribution >= 4 is 6.08 Å². The van der Waals surface area contributed by atoms with Crippen molar-refractivity contribution in [1.82, 2.24) is 5.32 Å². The molecular weight excluding hydrogens is 158 g/mol. The van der Waals surface area contributed by atoms with Gasteiger partial charge in [-0.3, -0.25) is 0 Å². The van der Waals surface area contributed by atoms with E-state index in [1.165, 1.54) is 11.1 Å². The lowest BCUT2D eigenvalue weighted by Crippen LogP contribution is -2.17. The number of rotatable bonds is 3. The summed E-state index contributed by atoms with van der Waals surface area (Å²) in [6, 6.07) is 8.92. The van der Waals surface area contributed by atoms with E-state index in [-0.39, 0.29) is 0 Å². The minimum Gasteiger partial charge on any atom is -0.314 e. The summed E-state index contributed by atoms with van der Waals surface area (Å²) in [5.41, 5.74) is 2.57. The van der Waals surface area contributed by atoms with Gasteiger partial charge in [-0.05, 0) is 26.5 Å². The predicted molar refractivity (Wildman–Crippen MR) is 58.7 cm³/mol. The Morgan fingerprint density at radius 1 is 1.38 bits per heavy atom. The topological polar surface area (TPSA) is 12.0 Å². The van der Waals surface area contributed by atoms with E-state index in [0.29, 0.717) is 6.04 Å². The lowest BCUT2D eigenvalue weighted by Gasteiger charge is -2.02. The molecule has 0 unspecified atom stereocenters. The first kappa shape index (κ1) is 10.0. The summed E-state index contributed by atoms with van der Waals surface area (Å²) < 4.78 is 0. The van der Waals surface area contributed by atoms with E-state index in [1.807, 2.05) is 7.05 Å². The Labute approximate surface area is 80.5 Å². The third kappa shape index (κ3) is 3.43. The van der Waals surface area contributed by atoms with E-state index in [4.69, 9.17) is 0 Å². The van der Waals surface area contributed by atoms with Gasteiger partial charge in [0.2, 0.25) is 0 Å². The molecule has 0 bridgehead atoms. The Hall–Kier alpha value is -1.08. The Bertz CT molecular complexity index is 289. The molecule has 0 fully saturated rings. The van der Waals surface area contributed by atoms with Crippen LogP contribution in [0.2, 0.25) is 0 Å². The minimum atomic E-state index is 0.431. The van der Waals surface area contributed by atoms with E-state index in [9.17, 15) is 0 Å². The lowest BCUT2D eigenvalue weighted by molar-refractivity contribution is 0.731. The summed E-state index contributed by atoms with van der Waals surface area (Å²) >= 11 is 0. The van der Waals surface area contributed by atoms with Crippen molar-refractivity contribution in [2.45, 2.75) is 19.9 Å². The summed E-state index contributed by atoms with van der Waals surface area (Å²) in [6.07, 6.45) is 4.31. The van der Waals surface area contributed by atoms with Crippen LogP contribution in [0, 0.1) is 6.92 Å². The molecule has 1 N–H and O–H groups in total. The third-order valence-electron chi connectivity index (χ3n) is 2.07. The van der Waals surface area contributed by atoms with Crippen molar-refractivity contribution in [3.8, 4) is 0 Å². The molecule has 70 valence electrons. The monoisotopic (exact) mass is 175 g/mol. The van der Waals surface area contributed by atoms with Crippen LogP contribution in [0.4, 0.5) is 0 Å². The van der Waals surface area contributed by atoms with E-state index < -0.39 is 0 Å². The molecule has 0 spiro atoms. The highest BCUT2D eigenvalue weighted by molar-refractivity contribution is 5.50. The van der Waals surface area contributed by atoms with Crippen LogP contribution in [-0.4, -0.2) is 13.1 Å². The first-order valence-electron chi connectivity index (χ1n) is 4.64. The molecule has 0 heterocycles. The highest BCUT2D eigenvalue weighted by Crippen LogP contribution is 2.06. The molecule has 0 amide bonds. The first-order chi connectivity index (χ1) is 6.22. The molecule has 13 heavy (non-hydrogen) atoms. The zero-order valence-corrected chi connectivity index (χ0v) is 8.54. The van der Waals surface area contributed by atoms with Gasteiger partial charge in [-0.1, -0.05) is 42.0 Å². The Kier molecular flexibility index (Phi) is 3.71. The molecule has 1 nitrogen and oxygen atoms in total. The molecule has 1 aromatic rings. The number of hydrogen-bond acceptors (Lipinski definition) is 1. The average molecular weight is 175 g/mol. The third-order valence-corrected chi connectivity index (χ3v) is 2.07. The normalized spacial score (nSPS) is 13.5. The van der Waals surface area contributed by atoms with Crippen molar-refractivity contribution in [3.63, 3.8) is 0 Å². The van der Waals surface area contributed by atoms with Gasteiger partial charge < -0.3 is 5.32 Å². The largest absolute Gasteiger partial charge is 0.314 e. The second kappa shape index (κ2) is 4.83. The van der Waals surface area contributed by atoms with Gasteiger partial charge in [0.05, 0.1) is 0 Å². The fraction of sp³-hybridized carbons (Fsp3) is 0.333. The molecule has 0 saturated carbocycles. The summed E-state index contributed by atoms with van der Waals surface area (Å²) in [6.45, 7) is 4.24. The van der Waals surface area contributed by atoms with Crippen molar-refractivity contribution in [3.05, 3.63) is 41.5 Å². The first-order valence-corrected chi connectivity index (χ1v) is 4.64. The lowest BCUT2D eigenvalue weighted by atomic mass is 10.1. The van der Waals surface area contributed by atoms with Gasteiger partial charge >= 0.3 is 0 Å². The smallest absolute Gasteiger partial charge is 0.0221 e. The summed E-state index contributed by atoms with van der Waals surface area (Å²) in [5, 5.41) is 3.16. The maximum Gasteiger partial charge on any atom is 0.0221 e. The van der Waals surface area contributed by atoms with Crippen LogP contribution in [0.15, 0.2) is 30.3 Å². The second-order valence-corrected chi connectivity index (χ2v) is 3.35. The average Bonchev–Trinajstić information content (AvgIpc) is 2.14. The van der Waals surface area contributed by atoms with Crippen molar-refractivity contribution < 1.29 is 0 Å². The molecule has 0 radical (unpaired) electrons. The maximum atomic E-state index is 3.16. The van der Waals surface area contributed by atoms with Crippen LogP contribution in [0.25, 0.3) is 6.08 Å². The second-order valence-electron chi connectivity index (χ2n) is 3.35. The van der Waals surface area contributed by atoms with Crippen LogP contribution in [-0.2, 0) is 0 Å². The van der Waals surface area contributed by atoms with E-state index in [2.05, 4.69) is 55.6 Å². The number of hydrogen-bond donors (Lipinski definition) is 1. The number of aryl methyl sites for hydroxylation is 1. The van der Waals surface area contributed by atoms with Crippen LogP contribution >= 0.6 is 0 Å². The van der Waals surface area contributed by atoms with Crippen molar-refractivity contribution in [2.24, 2.45) is 0 Å². The van der Waals surface area contributed by atoms with E-state index in [1.54, 1.807) is 0 Å². The predicted octanol–water partition coefficient (Wildman–Crippen LogP) is 2.62. The Morgan fingerprint density at radius 2 is 2.15 bits per heavy atom. The highest BCUT2D eigenvalue weighted by atomic mass is 14.8. The van der Waals surface area contributed by atoms with Crippen LogP contribution < -0.4 is 5.32 Å². The number of nitrogens with one attached hydrogen (secondary N) is 1. The van der Waals surface area contributed by atoms with Gasteiger partial charge in [0.1, 0.15) is 0 Å². The molecule has 1 aromatic carbocycles. The van der Waals surface area contributed by atoms with Gasteiger partial charge in [0, 0.05) is 6.04 Å². The fourth-order valence-electron chi connectivity index (χ4n) is 1.13. The van der Waals surface area contributed by atoms with E-state index >= 15 is 0 Å². The fourth-order valence-corrected chi connectivity index (χ4v) is 1.13. The van der Waals surface area contributed by atoms with Gasteiger partial charge in [-0.25, -0.2) is 0 Å². The van der Waals surface area contributed by atoms with Crippen LogP contribution in [0.1, 0.15) is 18.1 Å². The summed E-state index contributed by atoms with van der Waals surface area (Å²) in [4.78, 5) is 0. The van der Waals surface area contributed by atoms with E-state index in [0.717, 1.165) is 0 Å². The molecule has 1 atom stereocenters. The zero-order valence-electron chi connectivity index (χ0n) is 8.54. The molecular formula is C12H17N. The highest BCUT2D eigenvalue weighted by Gasteiger charge is 1.90. The molecule has 0 aromatic heterocycles. The SMILES string of the molecule is CN[C@@H](C)/C=C/c1cccc(C)c1. The number of benzene rings is 1. The quantitative estimate of drug-likeness (QED) is 0.744. The van der Waals surface area contributed by atoms with Gasteiger partial charge in [0.15, 0.2) is 0 Å². The summed E-state index contributed by atoms with van der Waals surface area (Å²) in [5.74, 6) is 0. The van der Waals surface area contributed by atoms with Crippen LogP contribution in [0.3, 0.4) is 0 Å². The zero-order chi connectivity index (χ0) is 9.68. The van der Waals surface area contributed by atoms with Gasteiger partial charge in [-0.2, -0.15) is 0 Å². The van der Waals surface area contributed by atoms with Gasteiger partial charge in [0.25, 0.3) is 0 Å². The Morgan fingerprint density at radius 3 is 2.77 bits per heavy atom. The molecule has 0 saturated heterocycles.